The van der Waals surface area contributed by atoms with Crippen LogP contribution in [0.2, 0.25) is 0 Å². The van der Waals surface area contributed by atoms with E-state index in [0.29, 0.717) is 22.8 Å². The Morgan fingerprint density at radius 1 is 1.17 bits per heavy atom. The Kier molecular flexibility index (Phi) is 5.80. The van der Waals surface area contributed by atoms with Crippen LogP contribution in [0, 0.1) is 0 Å². The van der Waals surface area contributed by atoms with E-state index in [0.717, 1.165) is 11.3 Å². The number of hydrogen-bond donors (Lipinski definition) is 1. The highest BCUT2D eigenvalue weighted by Crippen LogP contribution is 2.28. The van der Waals surface area contributed by atoms with E-state index in [1.807, 2.05) is 42.0 Å². The summed E-state index contributed by atoms with van der Waals surface area (Å²) in [6.45, 7) is 1.79. The van der Waals surface area contributed by atoms with Gasteiger partial charge in [-0.05, 0) is 48.5 Å². The quantitative estimate of drug-likeness (QED) is 0.444. The molecule has 0 fully saturated rings. The van der Waals surface area contributed by atoms with Crippen LogP contribution >= 0.6 is 11.8 Å². The molecule has 2 aromatic carbocycles. The van der Waals surface area contributed by atoms with E-state index in [9.17, 15) is 13.6 Å². The van der Waals surface area contributed by atoms with Crippen LogP contribution in [0.3, 0.4) is 0 Å². The maximum atomic E-state index is 12.9. The molecule has 0 saturated heterocycles. The fourth-order valence-corrected chi connectivity index (χ4v) is 3.84. The summed E-state index contributed by atoms with van der Waals surface area (Å²) in [5, 5.41) is 3.05. The van der Waals surface area contributed by atoms with Crippen molar-refractivity contribution < 1.29 is 13.6 Å². The molecule has 0 unspecified atom stereocenters. The van der Waals surface area contributed by atoms with Crippen molar-refractivity contribution in [2.45, 2.75) is 30.4 Å². The van der Waals surface area contributed by atoms with Crippen molar-refractivity contribution in [3.05, 3.63) is 72.8 Å². The molecule has 0 aliphatic rings. The van der Waals surface area contributed by atoms with Gasteiger partial charge in [0.2, 0.25) is 5.91 Å². The number of para-hydroxylation sites is 2. The average molecular weight is 427 g/mol. The van der Waals surface area contributed by atoms with Gasteiger partial charge in [0, 0.05) is 18.1 Å². The lowest BCUT2D eigenvalue weighted by Crippen LogP contribution is -2.30. The van der Waals surface area contributed by atoms with Gasteiger partial charge in [-0.3, -0.25) is 4.79 Å². The van der Waals surface area contributed by atoms with Gasteiger partial charge in [0.05, 0.1) is 23.4 Å². The van der Waals surface area contributed by atoms with Crippen LogP contribution in [-0.4, -0.2) is 30.8 Å². The Labute approximate surface area is 175 Å². The van der Waals surface area contributed by atoms with Crippen LogP contribution in [0.1, 0.15) is 18.5 Å². The van der Waals surface area contributed by atoms with Gasteiger partial charge < -0.3 is 14.5 Å². The first kappa shape index (κ1) is 20.1. The SMILES string of the molecule is C[C@H](NC(=O)Cn1c(SC(F)F)nc2ccccc21)c1ccc(-n2ccnc2)cc1. The van der Waals surface area contributed by atoms with E-state index in [4.69, 9.17) is 0 Å². The number of nitrogens with zero attached hydrogens (tertiary/aromatic N) is 4. The molecule has 0 bridgehead atoms. The zero-order valence-electron chi connectivity index (χ0n) is 16.1. The Bertz CT molecular complexity index is 1140. The van der Waals surface area contributed by atoms with Crippen LogP contribution in [-0.2, 0) is 11.3 Å². The summed E-state index contributed by atoms with van der Waals surface area (Å²) in [4.78, 5) is 20.9. The zero-order valence-corrected chi connectivity index (χ0v) is 16.9. The number of nitrogens with one attached hydrogen (secondary N) is 1. The van der Waals surface area contributed by atoms with Crippen LogP contribution in [0.15, 0.2) is 72.4 Å². The summed E-state index contributed by atoms with van der Waals surface area (Å²) in [7, 11) is 0. The Balaban J connectivity index is 1.48. The van der Waals surface area contributed by atoms with E-state index in [2.05, 4.69) is 15.3 Å². The van der Waals surface area contributed by atoms with Gasteiger partial charge >= 0.3 is 0 Å². The molecule has 6 nitrogen and oxygen atoms in total. The molecule has 9 heteroatoms. The van der Waals surface area contributed by atoms with Crippen molar-refractivity contribution in [2.24, 2.45) is 0 Å². The number of aromatic nitrogens is 4. The molecule has 0 spiro atoms. The first-order valence-corrected chi connectivity index (χ1v) is 10.2. The molecule has 1 atom stereocenters. The fraction of sp³-hybridized carbons (Fsp3) is 0.190. The van der Waals surface area contributed by atoms with E-state index < -0.39 is 5.76 Å². The third-order valence-electron chi connectivity index (χ3n) is 4.69. The summed E-state index contributed by atoms with van der Waals surface area (Å²) in [5.41, 5.74) is 3.13. The average Bonchev–Trinajstić information content (AvgIpc) is 3.37. The highest BCUT2D eigenvalue weighted by Gasteiger charge is 2.18. The van der Waals surface area contributed by atoms with E-state index in [-0.39, 0.29) is 23.7 Å². The molecule has 0 saturated carbocycles. The maximum absolute atomic E-state index is 12.9. The number of thioether (sulfide) groups is 1. The highest BCUT2D eigenvalue weighted by molar-refractivity contribution is 7.99. The lowest BCUT2D eigenvalue weighted by Gasteiger charge is -2.16. The van der Waals surface area contributed by atoms with Gasteiger partial charge in [0.15, 0.2) is 5.16 Å². The number of benzene rings is 2. The third kappa shape index (κ3) is 4.35. The van der Waals surface area contributed by atoms with Crippen molar-refractivity contribution in [1.82, 2.24) is 24.4 Å². The molecule has 1 N–H and O–H groups in total. The van der Waals surface area contributed by atoms with Crippen molar-refractivity contribution in [3.63, 3.8) is 0 Å². The monoisotopic (exact) mass is 427 g/mol. The van der Waals surface area contributed by atoms with Crippen LogP contribution in [0.5, 0.6) is 0 Å². The van der Waals surface area contributed by atoms with Gasteiger partial charge in [-0.15, -0.1) is 0 Å². The number of hydrogen-bond acceptors (Lipinski definition) is 4. The van der Waals surface area contributed by atoms with Gasteiger partial charge in [-0.2, -0.15) is 8.78 Å². The first-order chi connectivity index (χ1) is 14.5. The predicted molar refractivity (Wildman–Crippen MR) is 112 cm³/mol. The molecule has 0 aliphatic carbocycles. The van der Waals surface area contributed by atoms with Gasteiger partial charge in [0.25, 0.3) is 5.76 Å². The van der Waals surface area contributed by atoms with E-state index in [1.165, 1.54) is 4.57 Å². The minimum atomic E-state index is -2.61. The predicted octanol–water partition coefficient (Wildman–Crippen LogP) is 4.41. The third-order valence-corrected chi connectivity index (χ3v) is 5.39. The van der Waals surface area contributed by atoms with Gasteiger partial charge in [0.1, 0.15) is 6.54 Å². The fourth-order valence-electron chi connectivity index (χ4n) is 3.24. The van der Waals surface area contributed by atoms with Crippen LogP contribution in [0.4, 0.5) is 8.78 Å². The summed E-state index contributed by atoms with van der Waals surface area (Å²) in [6.07, 6.45) is 5.27. The summed E-state index contributed by atoms with van der Waals surface area (Å²) >= 11 is 0.339. The highest BCUT2D eigenvalue weighted by atomic mass is 32.2. The second-order valence-corrected chi connectivity index (χ2v) is 7.66. The van der Waals surface area contributed by atoms with Crippen LogP contribution in [0.25, 0.3) is 16.7 Å². The zero-order chi connectivity index (χ0) is 21.1. The molecule has 4 aromatic rings. The lowest BCUT2D eigenvalue weighted by atomic mass is 10.1. The molecule has 154 valence electrons. The molecule has 4 rings (SSSR count). The largest absolute Gasteiger partial charge is 0.348 e. The standard InChI is InChI=1S/C21H19F2N5OS/c1-14(15-6-8-16(9-7-15)27-11-10-24-13-27)25-19(29)12-28-18-5-3-2-4-17(18)26-21(28)30-20(22)23/h2-11,13-14,20H,12H2,1H3,(H,25,29)/t14-/m0/s1. The molecular weight excluding hydrogens is 408 g/mol. The van der Waals surface area contributed by atoms with Crippen LogP contribution < -0.4 is 5.32 Å². The molecule has 30 heavy (non-hydrogen) atoms. The molecular formula is C21H19F2N5OS. The number of halogens is 2. The number of carbonyl (C=O) groups excluding carboxylic acids is 1. The van der Waals surface area contributed by atoms with E-state index >= 15 is 0 Å². The summed E-state index contributed by atoms with van der Waals surface area (Å²) < 4.78 is 29.3. The first-order valence-electron chi connectivity index (χ1n) is 9.29. The number of fused-ring (bicyclic) bond motifs is 1. The smallest absolute Gasteiger partial charge is 0.291 e. The van der Waals surface area contributed by atoms with Crippen molar-refractivity contribution in [3.8, 4) is 5.69 Å². The minimum Gasteiger partial charge on any atom is -0.348 e. The maximum Gasteiger partial charge on any atom is 0.291 e. The molecule has 0 aliphatic heterocycles. The van der Waals surface area contributed by atoms with Crippen molar-refractivity contribution in [1.29, 1.82) is 0 Å². The Morgan fingerprint density at radius 2 is 1.93 bits per heavy atom. The van der Waals surface area contributed by atoms with Crippen molar-refractivity contribution in [2.75, 3.05) is 0 Å². The Morgan fingerprint density at radius 3 is 2.63 bits per heavy atom. The normalized spacial score (nSPS) is 12.4. The lowest BCUT2D eigenvalue weighted by molar-refractivity contribution is -0.122. The Hall–Kier alpha value is -3.20. The number of amides is 1. The summed E-state index contributed by atoms with van der Waals surface area (Å²) in [5.74, 6) is -2.89. The van der Waals surface area contributed by atoms with Gasteiger partial charge in [-0.25, -0.2) is 9.97 Å². The molecule has 2 aromatic heterocycles. The van der Waals surface area contributed by atoms with Crippen molar-refractivity contribution >= 4 is 28.7 Å². The molecule has 1 amide bonds. The number of carbonyl (C=O) groups is 1. The summed E-state index contributed by atoms with van der Waals surface area (Å²) in [6, 6.07) is 14.6. The topological polar surface area (TPSA) is 64.7 Å². The number of imidazole rings is 2. The number of rotatable bonds is 7. The number of alkyl halides is 2. The van der Waals surface area contributed by atoms with Gasteiger partial charge in [-0.1, -0.05) is 24.3 Å². The minimum absolute atomic E-state index is 0.0903. The second-order valence-electron chi connectivity index (χ2n) is 6.70. The molecule has 2 heterocycles. The second kappa shape index (κ2) is 8.66. The van der Waals surface area contributed by atoms with E-state index in [1.54, 1.807) is 36.8 Å². The molecule has 0 radical (unpaired) electrons.